The lowest BCUT2D eigenvalue weighted by atomic mass is 10.1. The molecule has 0 unspecified atom stereocenters. The van der Waals surface area contributed by atoms with Crippen LogP contribution in [0.3, 0.4) is 0 Å². The summed E-state index contributed by atoms with van der Waals surface area (Å²) in [6.45, 7) is 1.59. The molecule has 0 saturated heterocycles. The van der Waals surface area contributed by atoms with Gasteiger partial charge in [-0.05, 0) is 35.0 Å². The number of halogens is 1. The van der Waals surface area contributed by atoms with Crippen molar-refractivity contribution in [1.29, 1.82) is 0 Å². The standard InChI is InChI=1S/C12H13BrN2O6/c1-3-21-10(16)6-14-9-5-7(12(17)20-2)4-8(13)11(9)15(18)19/h4-5,14H,3,6H2,1-2H3. The highest BCUT2D eigenvalue weighted by molar-refractivity contribution is 9.10. The van der Waals surface area contributed by atoms with Crippen molar-refractivity contribution >= 4 is 39.2 Å². The minimum atomic E-state index is -0.648. The monoisotopic (exact) mass is 360 g/mol. The van der Waals surface area contributed by atoms with Crippen molar-refractivity contribution in [2.24, 2.45) is 0 Å². The van der Waals surface area contributed by atoms with E-state index in [9.17, 15) is 19.7 Å². The first-order chi connectivity index (χ1) is 9.90. The van der Waals surface area contributed by atoms with Gasteiger partial charge in [-0.25, -0.2) is 4.79 Å². The smallest absolute Gasteiger partial charge is 0.337 e. The maximum absolute atomic E-state index is 11.5. The van der Waals surface area contributed by atoms with Gasteiger partial charge in [0.2, 0.25) is 0 Å². The Hall–Kier alpha value is -2.16. The van der Waals surface area contributed by atoms with Crippen LogP contribution in [0.25, 0.3) is 0 Å². The number of carbonyl (C=O) groups excluding carboxylic acids is 2. The number of nitro benzene ring substituents is 1. The van der Waals surface area contributed by atoms with Gasteiger partial charge in [-0.3, -0.25) is 14.9 Å². The highest BCUT2D eigenvalue weighted by atomic mass is 79.9. The highest BCUT2D eigenvalue weighted by Crippen LogP contribution is 2.34. The number of ether oxygens (including phenoxy) is 2. The minimum Gasteiger partial charge on any atom is -0.465 e. The average Bonchev–Trinajstić information content (AvgIpc) is 2.43. The molecule has 0 aliphatic heterocycles. The molecule has 0 bridgehead atoms. The Labute approximate surface area is 128 Å². The normalized spacial score (nSPS) is 9.86. The van der Waals surface area contributed by atoms with Crippen LogP contribution in [0.2, 0.25) is 0 Å². The number of anilines is 1. The summed E-state index contributed by atoms with van der Waals surface area (Å²) < 4.78 is 9.38. The molecule has 1 aromatic rings. The van der Waals surface area contributed by atoms with Crippen molar-refractivity contribution in [3.63, 3.8) is 0 Å². The van der Waals surface area contributed by atoms with Crippen molar-refractivity contribution in [2.45, 2.75) is 6.92 Å². The molecule has 0 aliphatic rings. The Morgan fingerprint density at radius 1 is 1.43 bits per heavy atom. The fourth-order valence-electron chi connectivity index (χ4n) is 1.53. The summed E-state index contributed by atoms with van der Waals surface area (Å²) in [5.41, 5.74) is -0.156. The van der Waals surface area contributed by atoms with E-state index in [1.54, 1.807) is 6.92 Å². The number of carbonyl (C=O) groups is 2. The molecule has 8 nitrogen and oxygen atoms in total. The van der Waals surface area contributed by atoms with E-state index < -0.39 is 16.9 Å². The third-order valence-electron chi connectivity index (χ3n) is 2.40. The molecule has 0 saturated carbocycles. The number of hydrogen-bond acceptors (Lipinski definition) is 7. The van der Waals surface area contributed by atoms with Crippen LogP contribution >= 0.6 is 15.9 Å². The fourth-order valence-corrected chi connectivity index (χ4v) is 2.14. The van der Waals surface area contributed by atoms with E-state index in [0.29, 0.717) is 0 Å². The SMILES string of the molecule is CCOC(=O)CNc1cc(C(=O)OC)cc(Br)c1[N+](=O)[O-]. The maximum atomic E-state index is 11.5. The van der Waals surface area contributed by atoms with Crippen LogP contribution < -0.4 is 5.32 Å². The molecule has 0 radical (unpaired) electrons. The number of nitro groups is 1. The zero-order chi connectivity index (χ0) is 16.0. The highest BCUT2D eigenvalue weighted by Gasteiger charge is 2.22. The number of nitrogens with one attached hydrogen (secondary N) is 1. The molecule has 9 heteroatoms. The van der Waals surface area contributed by atoms with Crippen molar-refractivity contribution < 1.29 is 24.0 Å². The Kier molecular flexibility index (Phi) is 6.10. The molecule has 1 aromatic carbocycles. The van der Waals surface area contributed by atoms with Crippen LogP contribution in [0.1, 0.15) is 17.3 Å². The summed E-state index contributed by atoms with van der Waals surface area (Å²) in [7, 11) is 1.20. The van der Waals surface area contributed by atoms with Gasteiger partial charge in [0.05, 0.1) is 28.7 Å². The molecule has 1 rings (SSSR count). The third-order valence-corrected chi connectivity index (χ3v) is 3.00. The lowest BCUT2D eigenvalue weighted by Gasteiger charge is -2.09. The lowest BCUT2D eigenvalue weighted by Crippen LogP contribution is -2.18. The molecular weight excluding hydrogens is 348 g/mol. The molecule has 114 valence electrons. The van der Waals surface area contributed by atoms with E-state index in [0.717, 1.165) is 0 Å². The Morgan fingerprint density at radius 3 is 2.62 bits per heavy atom. The number of esters is 2. The predicted molar refractivity (Wildman–Crippen MR) is 77.3 cm³/mol. The molecule has 0 fully saturated rings. The van der Waals surface area contributed by atoms with E-state index >= 15 is 0 Å². The van der Waals surface area contributed by atoms with Gasteiger partial charge in [0, 0.05) is 0 Å². The van der Waals surface area contributed by atoms with Gasteiger partial charge in [-0.2, -0.15) is 0 Å². The van der Waals surface area contributed by atoms with Crippen LogP contribution in [-0.2, 0) is 14.3 Å². The topological polar surface area (TPSA) is 108 Å². The van der Waals surface area contributed by atoms with Crippen LogP contribution in [0.4, 0.5) is 11.4 Å². The van der Waals surface area contributed by atoms with Gasteiger partial charge in [0.15, 0.2) is 0 Å². The van der Waals surface area contributed by atoms with E-state index in [1.807, 2.05) is 0 Å². The van der Waals surface area contributed by atoms with Crippen molar-refractivity contribution in [3.8, 4) is 0 Å². The largest absolute Gasteiger partial charge is 0.465 e. The van der Waals surface area contributed by atoms with Crippen LogP contribution in [0, 0.1) is 10.1 Å². The summed E-state index contributed by atoms with van der Waals surface area (Å²) >= 11 is 3.03. The zero-order valence-electron chi connectivity index (χ0n) is 11.3. The van der Waals surface area contributed by atoms with Crippen LogP contribution in [0.15, 0.2) is 16.6 Å². The maximum Gasteiger partial charge on any atom is 0.337 e. The van der Waals surface area contributed by atoms with Gasteiger partial charge in [0.25, 0.3) is 0 Å². The molecule has 0 atom stereocenters. The Morgan fingerprint density at radius 2 is 2.10 bits per heavy atom. The first-order valence-electron chi connectivity index (χ1n) is 5.86. The molecule has 0 aliphatic carbocycles. The van der Waals surface area contributed by atoms with Gasteiger partial charge < -0.3 is 14.8 Å². The second-order valence-electron chi connectivity index (χ2n) is 3.76. The van der Waals surface area contributed by atoms with Crippen LogP contribution in [0.5, 0.6) is 0 Å². The lowest BCUT2D eigenvalue weighted by molar-refractivity contribution is -0.384. The molecule has 0 aromatic heterocycles. The van der Waals surface area contributed by atoms with Gasteiger partial charge >= 0.3 is 17.6 Å². The van der Waals surface area contributed by atoms with Crippen LogP contribution in [-0.4, -0.2) is 37.1 Å². The van der Waals surface area contributed by atoms with Gasteiger partial charge in [-0.1, -0.05) is 0 Å². The first kappa shape index (κ1) is 16.9. The van der Waals surface area contributed by atoms with Gasteiger partial charge in [0.1, 0.15) is 12.2 Å². The third kappa shape index (κ3) is 4.42. The van der Waals surface area contributed by atoms with Crippen molar-refractivity contribution in [3.05, 3.63) is 32.3 Å². The Balaban J connectivity index is 3.13. The second kappa shape index (κ2) is 7.58. The summed E-state index contributed by atoms with van der Waals surface area (Å²) in [6.07, 6.45) is 0. The summed E-state index contributed by atoms with van der Waals surface area (Å²) in [5.74, 6) is -1.21. The molecule has 1 N–H and O–H groups in total. The number of hydrogen-bond donors (Lipinski definition) is 1. The zero-order valence-corrected chi connectivity index (χ0v) is 12.9. The number of rotatable bonds is 6. The molecule has 0 spiro atoms. The Bertz CT molecular complexity index is 575. The first-order valence-corrected chi connectivity index (χ1v) is 6.65. The molecule has 21 heavy (non-hydrogen) atoms. The minimum absolute atomic E-state index is 0.0165. The number of methoxy groups -OCH3 is 1. The van der Waals surface area contributed by atoms with Crippen molar-refractivity contribution in [1.82, 2.24) is 0 Å². The average molecular weight is 361 g/mol. The predicted octanol–water partition coefficient (Wildman–Crippen LogP) is 2.12. The number of nitrogens with zero attached hydrogens (tertiary/aromatic N) is 1. The quantitative estimate of drug-likeness (QED) is 0.470. The van der Waals surface area contributed by atoms with E-state index in [-0.39, 0.29) is 34.6 Å². The molecular formula is C12H13BrN2O6. The van der Waals surface area contributed by atoms with Crippen molar-refractivity contribution in [2.75, 3.05) is 25.6 Å². The van der Waals surface area contributed by atoms with E-state index in [1.165, 1.54) is 19.2 Å². The van der Waals surface area contributed by atoms with E-state index in [4.69, 9.17) is 4.74 Å². The fraction of sp³-hybridized carbons (Fsp3) is 0.333. The van der Waals surface area contributed by atoms with Gasteiger partial charge in [-0.15, -0.1) is 0 Å². The summed E-state index contributed by atoms with van der Waals surface area (Å²) in [4.78, 5) is 33.2. The summed E-state index contributed by atoms with van der Waals surface area (Å²) in [6, 6.07) is 2.52. The van der Waals surface area contributed by atoms with E-state index in [2.05, 4.69) is 26.0 Å². The second-order valence-corrected chi connectivity index (χ2v) is 4.62. The molecule has 0 heterocycles. The number of benzene rings is 1. The molecule has 0 amide bonds. The summed E-state index contributed by atoms with van der Waals surface area (Å²) in [5, 5.41) is 13.7.